The summed E-state index contributed by atoms with van der Waals surface area (Å²) in [5, 5.41) is 14.2. The van der Waals surface area contributed by atoms with E-state index in [0.29, 0.717) is 0 Å². The Hall–Kier alpha value is -3.22. The van der Waals surface area contributed by atoms with Gasteiger partial charge >= 0.3 is 0 Å². The Morgan fingerprint density at radius 1 is 0.935 bits per heavy atom. The van der Waals surface area contributed by atoms with Gasteiger partial charge in [0, 0.05) is 17.2 Å². The van der Waals surface area contributed by atoms with Crippen LogP contribution in [0, 0.1) is 6.92 Å². The van der Waals surface area contributed by atoms with E-state index in [4.69, 9.17) is 10.1 Å². The zero-order valence-corrected chi connectivity index (χ0v) is 17.8. The molecule has 1 fully saturated rings. The molecular formula is C25H28N5O+. The van der Waals surface area contributed by atoms with Gasteiger partial charge in [0.15, 0.2) is 5.65 Å². The van der Waals surface area contributed by atoms with Crippen LogP contribution >= 0.6 is 0 Å². The minimum Gasteiger partial charge on any atom is -0.391 e. The smallest absolute Gasteiger partial charge is 0.166 e. The van der Waals surface area contributed by atoms with Crippen LogP contribution in [0.4, 0.5) is 5.82 Å². The SMILES string of the molecule is Cc1nn2c(N3CC[NH+](CCO)CC3)cc(-c3ccccc3)nc2c1-c1ccccc1. The van der Waals surface area contributed by atoms with E-state index in [9.17, 15) is 5.11 Å². The first kappa shape index (κ1) is 19.7. The molecule has 2 N–H and O–H groups in total. The summed E-state index contributed by atoms with van der Waals surface area (Å²) in [5.41, 5.74) is 6.17. The summed E-state index contributed by atoms with van der Waals surface area (Å²) in [5.74, 6) is 1.08. The number of aliphatic hydroxyl groups is 1. The molecule has 0 aliphatic carbocycles. The highest BCUT2D eigenvalue weighted by Crippen LogP contribution is 2.32. The lowest BCUT2D eigenvalue weighted by atomic mass is 10.1. The largest absolute Gasteiger partial charge is 0.391 e. The average Bonchev–Trinajstić information content (AvgIpc) is 3.16. The highest BCUT2D eigenvalue weighted by molar-refractivity contribution is 5.82. The molecule has 31 heavy (non-hydrogen) atoms. The Bertz CT molecular complexity index is 1160. The van der Waals surface area contributed by atoms with Gasteiger partial charge in [-0.15, -0.1) is 0 Å². The molecule has 0 spiro atoms. The molecule has 6 heteroatoms. The molecule has 0 radical (unpaired) electrons. The molecule has 5 rings (SSSR count). The highest BCUT2D eigenvalue weighted by Gasteiger charge is 2.24. The number of hydrogen-bond acceptors (Lipinski definition) is 4. The maximum Gasteiger partial charge on any atom is 0.166 e. The fourth-order valence-electron chi connectivity index (χ4n) is 4.49. The van der Waals surface area contributed by atoms with Crippen molar-refractivity contribution in [2.75, 3.05) is 44.2 Å². The standard InChI is InChI=1S/C25H27N5O/c1-19-24(21-10-6-3-7-11-21)25-26-22(20-8-4-2-5-9-20)18-23(30(25)27-19)29-14-12-28(13-15-29)16-17-31/h2-11,18,31H,12-17H2,1H3/p+1. The molecule has 0 unspecified atom stereocenters. The van der Waals surface area contributed by atoms with Crippen molar-refractivity contribution >= 4 is 11.5 Å². The number of fused-ring (bicyclic) bond motifs is 1. The summed E-state index contributed by atoms with van der Waals surface area (Å²) >= 11 is 0. The van der Waals surface area contributed by atoms with Crippen molar-refractivity contribution in [2.24, 2.45) is 0 Å². The van der Waals surface area contributed by atoms with Crippen LogP contribution in [0.3, 0.4) is 0 Å². The molecular weight excluding hydrogens is 386 g/mol. The predicted molar refractivity (Wildman–Crippen MR) is 123 cm³/mol. The maximum atomic E-state index is 9.29. The van der Waals surface area contributed by atoms with Gasteiger partial charge in [-0.1, -0.05) is 60.7 Å². The fraction of sp³-hybridized carbons (Fsp3) is 0.280. The molecule has 2 aromatic heterocycles. The maximum absolute atomic E-state index is 9.29. The number of aryl methyl sites for hydroxylation is 1. The van der Waals surface area contributed by atoms with Crippen LogP contribution in [0.15, 0.2) is 66.7 Å². The van der Waals surface area contributed by atoms with Crippen LogP contribution in [0.25, 0.3) is 28.0 Å². The number of benzene rings is 2. The van der Waals surface area contributed by atoms with Gasteiger partial charge in [-0.25, -0.2) is 4.98 Å². The van der Waals surface area contributed by atoms with Gasteiger partial charge in [0.1, 0.15) is 12.4 Å². The van der Waals surface area contributed by atoms with Crippen molar-refractivity contribution in [1.82, 2.24) is 14.6 Å². The average molecular weight is 415 g/mol. The number of aromatic nitrogens is 3. The molecule has 0 bridgehead atoms. The quantitative estimate of drug-likeness (QED) is 0.525. The van der Waals surface area contributed by atoms with Gasteiger partial charge in [0.2, 0.25) is 0 Å². The lowest BCUT2D eigenvalue weighted by Gasteiger charge is -2.33. The number of hydrogen-bond donors (Lipinski definition) is 2. The van der Waals surface area contributed by atoms with Gasteiger partial charge < -0.3 is 14.9 Å². The first-order valence-corrected chi connectivity index (χ1v) is 10.9. The molecule has 1 aliphatic rings. The second-order valence-corrected chi connectivity index (χ2v) is 8.14. The Balaban J connectivity index is 1.66. The van der Waals surface area contributed by atoms with Crippen LogP contribution in [-0.2, 0) is 0 Å². The van der Waals surface area contributed by atoms with Crippen LogP contribution in [-0.4, -0.2) is 59.0 Å². The molecule has 3 heterocycles. The van der Waals surface area contributed by atoms with E-state index in [1.807, 2.05) is 16.6 Å². The first-order chi connectivity index (χ1) is 15.2. The zero-order chi connectivity index (χ0) is 21.2. The summed E-state index contributed by atoms with van der Waals surface area (Å²) in [7, 11) is 0. The van der Waals surface area contributed by atoms with Gasteiger partial charge in [-0.3, -0.25) is 0 Å². The van der Waals surface area contributed by atoms with E-state index in [-0.39, 0.29) is 6.61 Å². The van der Waals surface area contributed by atoms with Crippen molar-refractivity contribution < 1.29 is 10.0 Å². The van der Waals surface area contributed by atoms with Crippen LogP contribution < -0.4 is 9.80 Å². The number of nitrogens with zero attached hydrogens (tertiary/aromatic N) is 4. The number of aliphatic hydroxyl groups excluding tert-OH is 1. The summed E-state index contributed by atoms with van der Waals surface area (Å²) in [4.78, 5) is 8.94. The molecule has 0 atom stereocenters. The third kappa shape index (κ3) is 3.80. The summed E-state index contributed by atoms with van der Waals surface area (Å²) in [6, 6.07) is 22.9. The minimum absolute atomic E-state index is 0.242. The van der Waals surface area contributed by atoms with Gasteiger partial charge in [0.25, 0.3) is 0 Å². The number of nitrogens with one attached hydrogen (secondary N) is 1. The number of quaternary nitrogens is 1. The normalized spacial score (nSPS) is 15.0. The molecule has 6 nitrogen and oxygen atoms in total. The molecule has 0 saturated carbocycles. The van der Waals surface area contributed by atoms with Crippen molar-refractivity contribution in [3.05, 3.63) is 72.4 Å². The predicted octanol–water partition coefficient (Wildman–Crippen LogP) is 2.07. The van der Waals surface area contributed by atoms with Crippen molar-refractivity contribution in [1.29, 1.82) is 0 Å². The Morgan fingerprint density at radius 3 is 2.23 bits per heavy atom. The highest BCUT2D eigenvalue weighted by atomic mass is 16.3. The van der Waals surface area contributed by atoms with Crippen molar-refractivity contribution in [2.45, 2.75) is 6.92 Å². The Morgan fingerprint density at radius 2 is 1.58 bits per heavy atom. The monoisotopic (exact) mass is 414 g/mol. The van der Waals surface area contributed by atoms with Crippen molar-refractivity contribution in [3.8, 4) is 22.4 Å². The molecule has 1 aliphatic heterocycles. The van der Waals surface area contributed by atoms with E-state index >= 15 is 0 Å². The molecule has 2 aromatic carbocycles. The lowest BCUT2D eigenvalue weighted by Crippen LogP contribution is -3.15. The van der Waals surface area contributed by atoms with Gasteiger partial charge in [0.05, 0.1) is 44.2 Å². The third-order valence-corrected chi connectivity index (χ3v) is 6.14. The van der Waals surface area contributed by atoms with Crippen LogP contribution in [0.5, 0.6) is 0 Å². The van der Waals surface area contributed by atoms with Gasteiger partial charge in [-0.05, 0) is 12.5 Å². The summed E-state index contributed by atoms with van der Waals surface area (Å²) in [6.45, 7) is 7.00. The van der Waals surface area contributed by atoms with Crippen LogP contribution in [0.2, 0.25) is 0 Å². The number of rotatable bonds is 5. The number of piperazine rings is 1. The summed E-state index contributed by atoms with van der Waals surface area (Å²) in [6.07, 6.45) is 0. The minimum atomic E-state index is 0.242. The topological polar surface area (TPSA) is 58.1 Å². The van der Waals surface area contributed by atoms with Gasteiger partial charge in [-0.2, -0.15) is 9.61 Å². The Kier molecular flexibility index (Phi) is 5.40. The fourth-order valence-corrected chi connectivity index (χ4v) is 4.49. The van der Waals surface area contributed by atoms with E-state index in [0.717, 1.165) is 72.3 Å². The third-order valence-electron chi connectivity index (χ3n) is 6.14. The molecule has 158 valence electrons. The van der Waals surface area contributed by atoms with E-state index in [1.54, 1.807) is 0 Å². The molecule has 0 amide bonds. The van der Waals surface area contributed by atoms with E-state index in [1.165, 1.54) is 4.90 Å². The Labute approximate surface area is 182 Å². The molecule has 4 aromatic rings. The van der Waals surface area contributed by atoms with E-state index < -0.39 is 0 Å². The van der Waals surface area contributed by atoms with E-state index in [2.05, 4.69) is 66.4 Å². The summed E-state index contributed by atoms with van der Waals surface area (Å²) < 4.78 is 2.02. The lowest BCUT2D eigenvalue weighted by molar-refractivity contribution is -0.900. The molecule has 1 saturated heterocycles. The van der Waals surface area contributed by atoms with Crippen LogP contribution in [0.1, 0.15) is 5.69 Å². The first-order valence-electron chi connectivity index (χ1n) is 10.9. The zero-order valence-electron chi connectivity index (χ0n) is 17.8. The number of anilines is 1. The van der Waals surface area contributed by atoms with Crippen molar-refractivity contribution in [3.63, 3.8) is 0 Å². The second-order valence-electron chi connectivity index (χ2n) is 8.14. The second kappa shape index (κ2) is 8.49.